The average molecular weight is 575 g/mol. The molecule has 42 heavy (non-hydrogen) atoms. The third kappa shape index (κ3) is 3.61. The fraction of sp³-hybridized carbons (Fsp3) is 0.171. The molecule has 3 aliphatic heterocycles. The van der Waals surface area contributed by atoms with Crippen LogP contribution < -0.4 is 15.0 Å². The standard InChI is InChI=1S/C35H27ClN2O4/c1-20-19-29-35(26-8-4-5-9-27(26)37-34(35)41)30(32(39)21-11-15-23(36)16-12-21)31(38(29)28-10-6-3-7-25(20)28)33(40)22-13-17-24(42-2)18-14-22/h3-19,29-31H,1-2H3,(H,37,41)/t29-,30+,31+,35-/m1/s1. The van der Waals surface area contributed by atoms with E-state index in [4.69, 9.17) is 16.3 Å². The highest BCUT2D eigenvalue weighted by Crippen LogP contribution is 2.58. The molecule has 7 rings (SSSR count). The van der Waals surface area contributed by atoms with Crippen LogP contribution in [-0.2, 0) is 10.2 Å². The number of benzene rings is 4. The van der Waals surface area contributed by atoms with Crippen molar-refractivity contribution >= 4 is 46.0 Å². The topological polar surface area (TPSA) is 75.7 Å². The zero-order chi connectivity index (χ0) is 29.2. The summed E-state index contributed by atoms with van der Waals surface area (Å²) in [5.74, 6) is -1.25. The minimum atomic E-state index is -1.37. The number of methoxy groups -OCH3 is 1. The maximum absolute atomic E-state index is 14.8. The zero-order valence-corrected chi connectivity index (χ0v) is 23.8. The molecule has 4 aromatic carbocycles. The lowest BCUT2D eigenvalue weighted by Gasteiger charge is -2.39. The number of hydrogen-bond acceptors (Lipinski definition) is 5. The predicted octanol–water partition coefficient (Wildman–Crippen LogP) is 6.59. The van der Waals surface area contributed by atoms with E-state index in [0.717, 1.165) is 16.8 Å². The first-order valence-electron chi connectivity index (χ1n) is 13.8. The number of allylic oxidation sites excluding steroid dienone is 1. The molecule has 3 heterocycles. The van der Waals surface area contributed by atoms with Crippen LogP contribution in [-0.4, -0.2) is 36.7 Å². The fourth-order valence-corrected chi connectivity index (χ4v) is 7.23. The number of Topliss-reactive ketones (excluding diaryl/α,β-unsaturated/α-hetero) is 2. The molecule has 1 fully saturated rings. The maximum Gasteiger partial charge on any atom is 0.238 e. The van der Waals surface area contributed by atoms with Crippen molar-refractivity contribution in [2.24, 2.45) is 5.92 Å². The molecule has 4 atom stereocenters. The van der Waals surface area contributed by atoms with Gasteiger partial charge in [0.2, 0.25) is 5.91 Å². The van der Waals surface area contributed by atoms with E-state index >= 15 is 0 Å². The van der Waals surface area contributed by atoms with Gasteiger partial charge in [0, 0.05) is 33.1 Å². The molecule has 1 amide bonds. The van der Waals surface area contributed by atoms with E-state index in [1.807, 2.05) is 66.4 Å². The summed E-state index contributed by atoms with van der Waals surface area (Å²) in [6.45, 7) is 2.01. The number of nitrogens with zero attached hydrogens (tertiary/aromatic N) is 1. The van der Waals surface area contributed by atoms with Crippen molar-refractivity contribution in [3.8, 4) is 5.75 Å². The zero-order valence-electron chi connectivity index (χ0n) is 23.0. The first-order chi connectivity index (χ1) is 20.4. The Hall–Kier alpha value is -4.68. The third-order valence-electron chi connectivity index (χ3n) is 8.94. The number of para-hydroxylation sites is 2. The summed E-state index contributed by atoms with van der Waals surface area (Å²) in [7, 11) is 1.57. The monoisotopic (exact) mass is 574 g/mol. The van der Waals surface area contributed by atoms with E-state index in [1.165, 1.54) is 0 Å². The average Bonchev–Trinajstić information content (AvgIpc) is 3.49. The number of carbonyl (C=O) groups is 3. The van der Waals surface area contributed by atoms with Crippen LogP contribution in [0.15, 0.2) is 103 Å². The molecule has 3 aliphatic rings. The first kappa shape index (κ1) is 26.2. The van der Waals surface area contributed by atoms with Crippen molar-refractivity contribution in [1.29, 1.82) is 0 Å². The summed E-state index contributed by atoms with van der Waals surface area (Å²) in [5, 5.41) is 3.56. The van der Waals surface area contributed by atoms with Crippen molar-refractivity contribution in [3.05, 3.63) is 130 Å². The van der Waals surface area contributed by atoms with Gasteiger partial charge in [-0.2, -0.15) is 0 Å². The molecule has 1 N–H and O–H groups in total. The molecule has 0 aliphatic carbocycles. The third-order valence-corrected chi connectivity index (χ3v) is 9.19. The van der Waals surface area contributed by atoms with Crippen LogP contribution in [0, 0.1) is 5.92 Å². The van der Waals surface area contributed by atoms with Crippen LogP contribution in [0.1, 0.15) is 38.8 Å². The van der Waals surface area contributed by atoms with Gasteiger partial charge in [0.05, 0.1) is 19.1 Å². The molecular formula is C35H27ClN2O4. The summed E-state index contributed by atoms with van der Waals surface area (Å²) >= 11 is 6.19. The SMILES string of the molecule is COc1ccc(C(=O)[C@@H]2[C@@H](C(=O)c3ccc(Cl)cc3)[C@]3(C(=O)Nc4ccccc43)[C@H]3C=C(C)c4ccccc4N23)cc1. The molecule has 4 aromatic rings. The van der Waals surface area contributed by atoms with E-state index in [2.05, 4.69) is 5.32 Å². The highest BCUT2D eigenvalue weighted by atomic mass is 35.5. The van der Waals surface area contributed by atoms with E-state index < -0.39 is 23.4 Å². The van der Waals surface area contributed by atoms with Crippen molar-refractivity contribution in [3.63, 3.8) is 0 Å². The smallest absolute Gasteiger partial charge is 0.238 e. The molecule has 1 saturated heterocycles. The molecule has 0 bridgehead atoms. The van der Waals surface area contributed by atoms with Crippen molar-refractivity contribution in [2.75, 3.05) is 17.3 Å². The van der Waals surface area contributed by atoms with Gasteiger partial charge in [0.1, 0.15) is 17.2 Å². The number of hydrogen-bond donors (Lipinski definition) is 1. The second kappa shape index (κ2) is 9.71. The Kier molecular flexibility index (Phi) is 6.06. The van der Waals surface area contributed by atoms with Crippen molar-refractivity contribution < 1.29 is 19.1 Å². The summed E-state index contributed by atoms with van der Waals surface area (Å²) in [6.07, 6.45) is 2.05. The van der Waals surface area contributed by atoms with Gasteiger partial charge in [-0.3, -0.25) is 14.4 Å². The van der Waals surface area contributed by atoms with Gasteiger partial charge in [-0.25, -0.2) is 0 Å². The van der Waals surface area contributed by atoms with Crippen LogP contribution in [0.2, 0.25) is 5.02 Å². The maximum atomic E-state index is 14.8. The quantitative estimate of drug-likeness (QED) is 0.272. The van der Waals surface area contributed by atoms with E-state index in [9.17, 15) is 14.4 Å². The van der Waals surface area contributed by atoms with Crippen molar-refractivity contribution in [2.45, 2.75) is 24.4 Å². The first-order valence-corrected chi connectivity index (χ1v) is 14.2. The summed E-state index contributed by atoms with van der Waals surface area (Å²) in [5.41, 5.74) is 3.58. The Labute approximate surface area is 248 Å². The van der Waals surface area contributed by atoms with Gasteiger partial charge in [-0.05, 0) is 78.7 Å². The number of fused-ring (bicyclic) bond motifs is 6. The number of anilines is 2. The van der Waals surface area contributed by atoms with Gasteiger partial charge in [0.15, 0.2) is 11.6 Å². The van der Waals surface area contributed by atoms with Crippen LogP contribution in [0.25, 0.3) is 5.57 Å². The van der Waals surface area contributed by atoms with Gasteiger partial charge in [0.25, 0.3) is 0 Å². The number of amides is 1. The molecule has 0 aromatic heterocycles. The van der Waals surface area contributed by atoms with E-state index in [0.29, 0.717) is 33.1 Å². The van der Waals surface area contributed by atoms with Crippen LogP contribution >= 0.6 is 11.6 Å². The van der Waals surface area contributed by atoms with E-state index in [1.54, 1.807) is 55.6 Å². The Morgan fingerprint density at radius 1 is 0.857 bits per heavy atom. The second-order valence-corrected chi connectivity index (χ2v) is 11.4. The van der Waals surface area contributed by atoms with Gasteiger partial charge in [-0.1, -0.05) is 54.1 Å². The number of halogens is 1. The van der Waals surface area contributed by atoms with Crippen LogP contribution in [0.4, 0.5) is 11.4 Å². The number of ether oxygens (including phenoxy) is 1. The number of nitrogens with one attached hydrogen (secondary N) is 1. The summed E-state index contributed by atoms with van der Waals surface area (Å²) in [4.78, 5) is 46.0. The van der Waals surface area contributed by atoms with Gasteiger partial charge >= 0.3 is 0 Å². The predicted molar refractivity (Wildman–Crippen MR) is 163 cm³/mol. The van der Waals surface area contributed by atoms with Crippen LogP contribution in [0.3, 0.4) is 0 Å². The van der Waals surface area contributed by atoms with Gasteiger partial charge < -0.3 is 15.0 Å². The molecule has 0 saturated carbocycles. The molecule has 6 nitrogen and oxygen atoms in total. The largest absolute Gasteiger partial charge is 0.497 e. The Balaban J connectivity index is 1.53. The Bertz CT molecular complexity index is 1800. The Morgan fingerprint density at radius 3 is 2.24 bits per heavy atom. The second-order valence-electron chi connectivity index (χ2n) is 11.0. The molecule has 0 radical (unpaired) electrons. The molecule has 1 spiro atoms. The molecule has 7 heteroatoms. The highest BCUT2D eigenvalue weighted by molar-refractivity contribution is 6.30. The summed E-state index contributed by atoms with van der Waals surface area (Å²) < 4.78 is 5.33. The normalized spacial score (nSPS) is 23.5. The highest BCUT2D eigenvalue weighted by Gasteiger charge is 2.70. The molecule has 0 unspecified atom stereocenters. The summed E-state index contributed by atoms with van der Waals surface area (Å²) in [6, 6.07) is 27.3. The minimum Gasteiger partial charge on any atom is -0.497 e. The lowest BCUT2D eigenvalue weighted by molar-refractivity contribution is -0.121. The molecular weight excluding hydrogens is 548 g/mol. The number of ketones is 2. The van der Waals surface area contributed by atoms with Crippen molar-refractivity contribution in [1.82, 2.24) is 0 Å². The van der Waals surface area contributed by atoms with Gasteiger partial charge in [-0.15, -0.1) is 0 Å². The molecule has 208 valence electrons. The lowest BCUT2D eigenvalue weighted by atomic mass is 9.64. The Morgan fingerprint density at radius 2 is 1.50 bits per heavy atom. The number of carbonyl (C=O) groups excluding carboxylic acids is 3. The fourth-order valence-electron chi connectivity index (χ4n) is 7.11. The van der Waals surface area contributed by atoms with E-state index in [-0.39, 0.29) is 17.5 Å². The lowest BCUT2D eigenvalue weighted by Crippen LogP contribution is -2.51. The van der Waals surface area contributed by atoms with Crippen LogP contribution in [0.5, 0.6) is 5.75 Å². The number of rotatable bonds is 5. The minimum absolute atomic E-state index is 0.244.